The van der Waals surface area contributed by atoms with Gasteiger partial charge in [-0.1, -0.05) is 13.8 Å². The molecular weight excluding hydrogens is 404 g/mol. The van der Waals surface area contributed by atoms with Gasteiger partial charge in [0.05, 0.1) is 17.9 Å². The van der Waals surface area contributed by atoms with Crippen molar-refractivity contribution in [1.82, 2.24) is 15.2 Å². The molecule has 2 saturated heterocycles. The summed E-state index contributed by atoms with van der Waals surface area (Å²) in [5.74, 6) is 1.03. The van der Waals surface area contributed by atoms with Gasteiger partial charge in [0.1, 0.15) is 11.9 Å². The number of carbonyl (C=O) groups excluding carboxylic acids is 2. The van der Waals surface area contributed by atoms with Crippen molar-refractivity contribution in [2.75, 3.05) is 31.1 Å². The summed E-state index contributed by atoms with van der Waals surface area (Å²) in [6.45, 7) is 7.10. The number of rotatable bonds is 7. The molecular formula is C25H32N4O3. The number of benzene rings is 1. The number of nitrogens with zero attached hydrogens (tertiary/aromatic N) is 3. The first-order chi connectivity index (χ1) is 15.5. The molecule has 1 atom stereocenters. The summed E-state index contributed by atoms with van der Waals surface area (Å²) in [5.41, 5.74) is 1.71. The van der Waals surface area contributed by atoms with Crippen molar-refractivity contribution in [3.05, 3.63) is 54.4 Å². The topological polar surface area (TPSA) is 74.8 Å². The number of ether oxygens (including phenoxy) is 1. The molecule has 170 valence electrons. The highest BCUT2D eigenvalue weighted by Gasteiger charge is 2.29. The van der Waals surface area contributed by atoms with Crippen LogP contribution in [-0.4, -0.2) is 60.0 Å². The molecule has 7 heteroatoms. The van der Waals surface area contributed by atoms with Crippen LogP contribution in [0.3, 0.4) is 0 Å². The Morgan fingerprint density at radius 2 is 1.88 bits per heavy atom. The molecule has 3 heterocycles. The van der Waals surface area contributed by atoms with Crippen LogP contribution in [-0.2, 0) is 4.79 Å². The van der Waals surface area contributed by atoms with Crippen molar-refractivity contribution in [1.29, 1.82) is 0 Å². The lowest BCUT2D eigenvalue weighted by Gasteiger charge is -2.41. The zero-order valence-electron chi connectivity index (χ0n) is 18.9. The zero-order valence-corrected chi connectivity index (χ0v) is 18.9. The van der Waals surface area contributed by atoms with Gasteiger partial charge in [-0.2, -0.15) is 0 Å². The van der Waals surface area contributed by atoms with Crippen molar-refractivity contribution < 1.29 is 14.3 Å². The van der Waals surface area contributed by atoms with Crippen LogP contribution in [0.5, 0.6) is 5.75 Å². The number of hydrogen-bond donors (Lipinski definition) is 1. The van der Waals surface area contributed by atoms with Crippen LogP contribution in [0, 0.1) is 5.92 Å². The normalized spacial score (nSPS) is 18.1. The second kappa shape index (κ2) is 10.0. The second-order valence-corrected chi connectivity index (χ2v) is 8.76. The first-order valence-corrected chi connectivity index (χ1v) is 11.5. The Labute approximate surface area is 189 Å². The highest BCUT2D eigenvalue weighted by molar-refractivity contribution is 5.94. The predicted molar refractivity (Wildman–Crippen MR) is 124 cm³/mol. The molecule has 2 aliphatic rings. The molecule has 4 rings (SSSR count). The van der Waals surface area contributed by atoms with Crippen LogP contribution in [0.4, 0.5) is 5.69 Å². The summed E-state index contributed by atoms with van der Waals surface area (Å²) in [6.07, 6.45) is 6.24. The van der Waals surface area contributed by atoms with E-state index in [1.165, 1.54) is 0 Å². The molecule has 2 aromatic rings. The molecule has 1 aromatic carbocycles. The smallest absolute Gasteiger partial charge is 0.251 e. The van der Waals surface area contributed by atoms with E-state index < -0.39 is 0 Å². The maximum absolute atomic E-state index is 12.6. The molecule has 0 bridgehead atoms. The molecule has 1 aromatic heterocycles. The van der Waals surface area contributed by atoms with Crippen LogP contribution < -0.4 is 15.0 Å². The quantitative estimate of drug-likeness (QED) is 0.722. The Hall–Kier alpha value is -3.09. The van der Waals surface area contributed by atoms with E-state index >= 15 is 0 Å². The van der Waals surface area contributed by atoms with Crippen LogP contribution in [0.2, 0.25) is 0 Å². The lowest BCUT2D eigenvalue weighted by molar-refractivity contribution is -0.136. The minimum absolute atomic E-state index is 0.0655. The van der Waals surface area contributed by atoms with Gasteiger partial charge in [0.2, 0.25) is 5.91 Å². The van der Waals surface area contributed by atoms with Gasteiger partial charge in [0, 0.05) is 56.7 Å². The van der Waals surface area contributed by atoms with Gasteiger partial charge < -0.3 is 19.9 Å². The fraction of sp³-hybridized carbons (Fsp3) is 0.480. The van der Waals surface area contributed by atoms with Gasteiger partial charge >= 0.3 is 0 Å². The number of carbonyl (C=O) groups is 2. The minimum Gasteiger partial charge on any atom is -0.490 e. The van der Waals surface area contributed by atoms with E-state index in [2.05, 4.69) is 15.2 Å². The maximum atomic E-state index is 12.6. The van der Waals surface area contributed by atoms with Crippen molar-refractivity contribution in [3.8, 4) is 5.75 Å². The maximum Gasteiger partial charge on any atom is 0.251 e. The SMILES string of the molecule is CC[C@H](C)C(=O)N1CCC(Oc2ccc(C(=O)NC3CN(c4cccnc4)C3)cc2)CC1. The average Bonchev–Trinajstić information content (AvgIpc) is 2.81. The summed E-state index contributed by atoms with van der Waals surface area (Å²) >= 11 is 0. The van der Waals surface area contributed by atoms with E-state index in [1.54, 1.807) is 6.20 Å². The van der Waals surface area contributed by atoms with E-state index in [4.69, 9.17) is 4.74 Å². The molecule has 2 fully saturated rings. The van der Waals surface area contributed by atoms with E-state index in [9.17, 15) is 9.59 Å². The van der Waals surface area contributed by atoms with Crippen molar-refractivity contribution in [2.24, 2.45) is 5.92 Å². The Morgan fingerprint density at radius 1 is 1.16 bits per heavy atom. The number of pyridine rings is 1. The first kappa shape index (κ1) is 22.1. The summed E-state index contributed by atoms with van der Waals surface area (Å²) in [6, 6.07) is 11.4. The number of nitrogens with one attached hydrogen (secondary N) is 1. The molecule has 1 N–H and O–H groups in total. The third-order valence-corrected chi connectivity index (χ3v) is 6.43. The molecule has 7 nitrogen and oxygen atoms in total. The number of aromatic nitrogens is 1. The summed E-state index contributed by atoms with van der Waals surface area (Å²) < 4.78 is 6.10. The van der Waals surface area contributed by atoms with Crippen molar-refractivity contribution >= 4 is 17.5 Å². The molecule has 0 unspecified atom stereocenters. The molecule has 32 heavy (non-hydrogen) atoms. The Morgan fingerprint density at radius 3 is 2.50 bits per heavy atom. The van der Waals surface area contributed by atoms with Gasteiger partial charge in [-0.25, -0.2) is 0 Å². The van der Waals surface area contributed by atoms with E-state index in [0.717, 1.165) is 56.9 Å². The van der Waals surface area contributed by atoms with Crippen LogP contribution in [0.15, 0.2) is 48.8 Å². The van der Waals surface area contributed by atoms with Gasteiger partial charge in [-0.3, -0.25) is 14.6 Å². The largest absolute Gasteiger partial charge is 0.490 e. The lowest BCUT2D eigenvalue weighted by atomic mass is 10.0. The number of likely N-dealkylation sites (tertiary alicyclic amines) is 1. The van der Waals surface area contributed by atoms with Gasteiger partial charge in [0.25, 0.3) is 5.91 Å². The monoisotopic (exact) mass is 436 g/mol. The average molecular weight is 437 g/mol. The third kappa shape index (κ3) is 5.21. The number of hydrogen-bond acceptors (Lipinski definition) is 5. The molecule has 2 amide bonds. The Balaban J connectivity index is 1.21. The highest BCUT2D eigenvalue weighted by Crippen LogP contribution is 2.22. The minimum atomic E-state index is -0.0655. The summed E-state index contributed by atoms with van der Waals surface area (Å²) in [5, 5.41) is 3.08. The predicted octanol–water partition coefficient (Wildman–Crippen LogP) is 3.12. The fourth-order valence-corrected chi connectivity index (χ4v) is 4.15. The highest BCUT2D eigenvalue weighted by atomic mass is 16.5. The number of amides is 2. The van der Waals surface area contributed by atoms with E-state index in [-0.39, 0.29) is 29.9 Å². The molecule has 0 aliphatic carbocycles. The second-order valence-electron chi connectivity index (χ2n) is 8.76. The lowest BCUT2D eigenvalue weighted by Crippen LogP contribution is -2.59. The van der Waals surface area contributed by atoms with Gasteiger partial charge in [-0.15, -0.1) is 0 Å². The van der Waals surface area contributed by atoms with E-state index in [0.29, 0.717) is 5.56 Å². The Bertz CT molecular complexity index is 905. The first-order valence-electron chi connectivity index (χ1n) is 11.5. The van der Waals surface area contributed by atoms with Gasteiger partial charge in [0.15, 0.2) is 0 Å². The van der Waals surface area contributed by atoms with Crippen LogP contribution in [0.25, 0.3) is 0 Å². The Kier molecular flexibility index (Phi) is 6.93. The van der Waals surface area contributed by atoms with E-state index in [1.807, 2.05) is 61.3 Å². The van der Waals surface area contributed by atoms with Crippen molar-refractivity contribution in [3.63, 3.8) is 0 Å². The van der Waals surface area contributed by atoms with Crippen LogP contribution >= 0.6 is 0 Å². The van der Waals surface area contributed by atoms with Crippen molar-refractivity contribution in [2.45, 2.75) is 45.3 Å². The standard InChI is InChI=1S/C25H32N4O3/c1-3-18(2)25(31)28-13-10-23(11-14-28)32-22-8-6-19(7-9-22)24(30)27-20-16-29(17-20)21-5-4-12-26-15-21/h4-9,12,15,18,20,23H,3,10-11,13-14,16-17H2,1-2H3,(H,27,30)/t18-/m0/s1. The summed E-state index contributed by atoms with van der Waals surface area (Å²) in [7, 11) is 0. The number of anilines is 1. The zero-order chi connectivity index (χ0) is 22.5. The molecule has 2 aliphatic heterocycles. The molecule has 0 radical (unpaired) electrons. The third-order valence-electron chi connectivity index (χ3n) is 6.43. The van der Waals surface area contributed by atoms with Crippen LogP contribution in [0.1, 0.15) is 43.5 Å². The summed E-state index contributed by atoms with van der Waals surface area (Å²) in [4.78, 5) is 33.2. The molecule has 0 saturated carbocycles. The molecule has 0 spiro atoms. The fourth-order valence-electron chi connectivity index (χ4n) is 4.15. The number of piperidine rings is 1. The van der Waals surface area contributed by atoms with Gasteiger partial charge in [-0.05, 0) is 42.8 Å².